The Hall–Kier alpha value is -2.11. The van der Waals surface area contributed by atoms with Crippen molar-refractivity contribution in [2.75, 3.05) is 6.54 Å². The normalized spacial score (nSPS) is 17.9. The van der Waals surface area contributed by atoms with E-state index in [0.29, 0.717) is 18.9 Å². The minimum atomic E-state index is 0.257. The van der Waals surface area contributed by atoms with Crippen LogP contribution in [0.2, 0.25) is 0 Å². The van der Waals surface area contributed by atoms with Crippen LogP contribution in [0.15, 0.2) is 16.9 Å². The summed E-state index contributed by atoms with van der Waals surface area (Å²) in [5.41, 5.74) is 1.98. The highest BCUT2D eigenvalue weighted by Gasteiger charge is 2.26. The molecule has 1 fully saturated rings. The van der Waals surface area contributed by atoms with Crippen LogP contribution in [0.1, 0.15) is 54.9 Å². The van der Waals surface area contributed by atoms with Gasteiger partial charge in [0.15, 0.2) is 0 Å². The summed E-state index contributed by atoms with van der Waals surface area (Å²) in [4.78, 5) is 19.2. The summed E-state index contributed by atoms with van der Waals surface area (Å²) < 4.78 is 7.37. The zero-order valence-corrected chi connectivity index (χ0v) is 15.5. The second-order valence-electron chi connectivity index (χ2n) is 7.00. The molecule has 0 aromatic carbocycles. The van der Waals surface area contributed by atoms with Crippen LogP contribution in [0.5, 0.6) is 0 Å². The largest absolute Gasteiger partial charge is 0.361 e. The number of carbonyl (C=O) groups is 1. The van der Waals surface area contributed by atoms with Crippen LogP contribution in [0.4, 0.5) is 0 Å². The molecule has 1 aliphatic heterocycles. The van der Waals surface area contributed by atoms with Gasteiger partial charge in [-0.1, -0.05) is 5.16 Å². The van der Waals surface area contributed by atoms with Gasteiger partial charge in [-0.05, 0) is 52.9 Å². The highest BCUT2D eigenvalue weighted by atomic mass is 16.5. The number of rotatable bonds is 6. The van der Waals surface area contributed by atoms with Crippen LogP contribution in [-0.2, 0) is 17.8 Å². The average Bonchev–Trinajstić information content (AvgIpc) is 3.16. The van der Waals surface area contributed by atoms with Crippen molar-refractivity contribution in [1.29, 1.82) is 0 Å². The summed E-state index contributed by atoms with van der Waals surface area (Å²) in [6.45, 7) is 7.68. The van der Waals surface area contributed by atoms with Gasteiger partial charge in [-0.3, -0.25) is 4.79 Å². The van der Waals surface area contributed by atoms with Gasteiger partial charge in [0.05, 0.1) is 5.69 Å². The zero-order valence-electron chi connectivity index (χ0n) is 15.5. The van der Waals surface area contributed by atoms with Gasteiger partial charge in [0.1, 0.15) is 11.6 Å². The molecular formula is C19H28N4O2. The van der Waals surface area contributed by atoms with E-state index in [-0.39, 0.29) is 5.91 Å². The van der Waals surface area contributed by atoms with Crippen molar-refractivity contribution in [3.63, 3.8) is 0 Å². The first-order chi connectivity index (χ1) is 12.1. The molecule has 1 atom stereocenters. The van der Waals surface area contributed by atoms with E-state index in [0.717, 1.165) is 55.2 Å². The molecular weight excluding hydrogens is 316 g/mol. The number of carbonyl (C=O) groups excluding carboxylic acids is 1. The summed E-state index contributed by atoms with van der Waals surface area (Å²) in [6, 6.07) is 0.340. The molecule has 25 heavy (non-hydrogen) atoms. The number of nitrogens with zero attached hydrogens (tertiary/aromatic N) is 4. The molecule has 3 rings (SSSR count). The minimum absolute atomic E-state index is 0.257. The number of hydrogen-bond acceptors (Lipinski definition) is 4. The minimum Gasteiger partial charge on any atom is -0.361 e. The molecule has 6 nitrogen and oxygen atoms in total. The van der Waals surface area contributed by atoms with E-state index >= 15 is 0 Å². The molecule has 0 radical (unpaired) electrons. The molecule has 3 heterocycles. The van der Waals surface area contributed by atoms with Crippen LogP contribution < -0.4 is 0 Å². The smallest absolute Gasteiger partial charge is 0.223 e. The van der Waals surface area contributed by atoms with Crippen molar-refractivity contribution in [3.8, 4) is 0 Å². The van der Waals surface area contributed by atoms with Gasteiger partial charge < -0.3 is 14.0 Å². The Morgan fingerprint density at radius 2 is 2.16 bits per heavy atom. The van der Waals surface area contributed by atoms with Gasteiger partial charge in [-0.25, -0.2) is 4.98 Å². The Balaban J connectivity index is 1.58. The van der Waals surface area contributed by atoms with Gasteiger partial charge in [0, 0.05) is 43.5 Å². The number of aromatic nitrogens is 3. The molecule has 0 aliphatic carbocycles. The average molecular weight is 344 g/mol. The lowest BCUT2D eigenvalue weighted by Gasteiger charge is -2.36. The summed E-state index contributed by atoms with van der Waals surface area (Å²) in [6.07, 6.45) is 9.51. The van der Waals surface area contributed by atoms with Gasteiger partial charge in [-0.2, -0.15) is 0 Å². The fraction of sp³-hybridized carbons (Fsp3) is 0.632. The van der Waals surface area contributed by atoms with E-state index in [4.69, 9.17) is 4.52 Å². The van der Waals surface area contributed by atoms with Crippen molar-refractivity contribution in [2.24, 2.45) is 0 Å². The number of piperidine rings is 1. The molecule has 6 heteroatoms. The molecule has 0 unspecified atom stereocenters. The molecule has 0 N–H and O–H groups in total. The van der Waals surface area contributed by atoms with Crippen molar-refractivity contribution < 1.29 is 9.32 Å². The lowest BCUT2D eigenvalue weighted by atomic mass is 9.98. The van der Waals surface area contributed by atoms with Crippen LogP contribution in [0.25, 0.3) is 0 Å². The molecule has 0 spiro atoms. The van der Waals surface area contributed by atoms with E-state index in [1.54, 1.807) is 0 Å². The quantitative estimate of drug-likeness (QED) is 0.807. The Morgan fingerprint density at radius 3 is 2.84 bits per heavy atom. The van der Waals surface area contributed by atoms with Gasteiger partial charge >= 0.3 is 0 Å². The van der Waals surface area contributed by atoms with E-state index in [1.165, 1.54) is 6.42 Å². The lowest BCUT2D eigenvalue weighted by molar-refractivity contribution is -0.135. The maximum Gasteiger partial charge on any atom is 0.223 e. The van der Waals surface area contributed by atoms with Crippen LogP contribution in [-0.4, -0.2) is 38.1 Å². The fourth-order valence-electron chi connectivity index (χ4n) is 3.79. The Kier molecular flexibility index (Phi) is 5.56. The molecule has 0 bridgehead atoms. The Bertz CT molecular complexity index is 699. The van der Waals surface area contributed by atoms with Crippen molar-refractivity contribution in [1.82, 2.24) is 19.6 Å². The maximum atomic E-state index is 12.8. The van der Waals surface area contributed by atoms with E-state index in [9.17, 15) is 4.79 Å². The molecule has 2 aromatic heterocycles. The second kappa shape index (κ2) is 7.85. The van der Waals surface area contributed by atoms with Crippen molar-refractivity contribution in [2.45, 2.75) is 71.9 Å². The maximum absolute atomic E-state index is 12.8. The summed E-state index contributed by atoms with van der Waals surface area (Å²) in [5.74, 6) is 2.12. The van der Waals surface area contributed by atoms with Crippen LogP contribution in [0, 0.1) is 20.8 Å². The number of aryl methyl sites for hydroxylation is 4. The van der Waals surface area contributed by atoms with Gasteiger partial charge in [0.25, 0.3) is 0 Å². The predicted molar refractivity (Wildman–Crippen MR) is 95.2 cm³/mol. The molecule has 1 saturated heterocycles. The van der Waals surface area contributed by atoms with E-state index in [2.05, 4.69) is 19.6 Å². The van der Waals surface area contributed by atoms with Crippen LogP contribution >= 0.6 is 0 Å². The predicted octanol–water partition coefficient (Wildman–Crippen LogP) is 3.20. The second-order valence-corrected chi connectivity index (χ2v) is 7.00. The van der Waals surface area contributed by atoms with Gasteiger partial charge in [-0.15, -0.1) is 0 Å². The fourth-order valence-corrected chi connectivity index (χ4v) is 3.79. The molecule has 136 valence electrons. The molecule has 0 saturated carbocycles. The summed E-state index contributed by atoms with van der Waals surface area (Å²) >= 11 is 0. The molecule has 2 aromatic rings. The van der Waals surface area contributed by atoms with Gasteiger partial charge in [0.2, 0.25) is 5.91 Å². The van der Waals surface area contributed by atoms with E-state index in [1.807, 2.05) is 33.2 Å². The summed E-state index contributed by atoms with van der Waals surface area (Å²) in [7, 11) is 0. The SMILES string of the molecule is Cc1noc(C)c1CCC(=O)N1CCCC[C@@H]1CCn1ccnc1C. The summed E-state index contributed by atoms with van der Waals surface area (Å²) in [5, 5.41) is 3.98. The zero-order chi connectivity index (χ0) is 17.8. The van der Waals surface area contributed by atoms with Crippen LogP contribution in [0.3, 0.4) is 0 Å². The molecule has 1 amide bonds. The molecule has 1 aliphatic rings. The third-order valence-corrected chi connectivity index (χ3v) is 5.34. The number of likely N-dealkylation sites (tertiary alicyclic amines) is 1. The third kappa shape index (κ3) is 4.11. The third-order valence-electron chi connectivity index (χ3n) is 5.34. The highest BCUT2D eigenvalue weighted by molar-refractivity contribution is 5.77. The Morgan fingerprint density at radius 1 is 1.32 bits per heavy atom. The van der Waals surface area contributed by atoms with E-state index < -0.39 is 0 Å². The first-order valence-electron chi connectivity index (χ1n) is 9.25. The Labute approximate surface area is 149 Å². The topological polar surface area (TPSA) is 64.2 Å². The lowest BCUT2D eigenvalue weighted by Crippen LogP contribution is -2.44. The number of hydrogen-bond donors (Lipinski definition) is 0. The number of amides is 1. The standard InChI is InChI=1S/C19H28N4O2/c1-14-18(15(2)25-21-14)7-8-19(24)23-11-5-4-6-17(23)9-12-22-13-10-20-16(22)3/h10,13,17H,4-9,11-12H2,1-3H3/t17-/m1/s1. The number of imidazole rings is 1. The highest BCUT2D eigenvalue weighted by Crippen LogP contribution is 2.23. The monoisotopic (exact) mass is 344 g/mol. The first-order valence-corrected chi connectivity index (χ1v) is 9.25. The van der Waals surface area contributed by atoms with Crippen molar-refractivity contribution >= 4 is 5.91 Å². The van der Waals surface area contributed by atoms with Crippen molar-refractivity contribution in [3.05, 3.63) is 35.2 Å². The first kappa shape index (κ1) is 17.7.